The summed E-state index contributed by atoms with van der Waals surface area (Å²) in [5.74, 6) is 0. The van der Waals surface area contributed by atoms with E-state index >= 15 is 0 Å². The molecule has 0 aromatic heterocycles. The molecular formula is C13H7N3. The Hall–Kier alpha value is -2.29. The van der Waals surface area contributed by atoms with Gasteiger partial charge < -0.3 is 0 Å². The van der Waals surface area contributed by atoms with Crippen molar-refractivity contribution in [3.63, 3.8) is 0 Å². The highest BCUT2D eigenvalue weighted by molar-refractivity contribution is 5.89. The van der Waals surface area contributed by atoms with Crippen molar-refractivity contribution in [3.05, 3.63) is 46.6 Å². The SMILES string of the molecule is C1=Cc2ccc3c4c(ccc3c2=N1)N=NC=4. The van der Waals surface area contributed by atoms with Crippen molar-refractivity contribution in [2.75, 3.05) is 0 Å². The number of rotatable bonds is 0. The molecule has 0 amide bonds. The van der Waals surface area contributed by atoms with Crippen molar-refractivity contribution >= 4 is 28.7 Å². The molecule has 4 rings (SSSR count). The van der Waals surface area contributed by atoms with Crippen LogP contribution in [0.1, 0.15) is 5.56 Å². The van der Waals surface area contributed by atoms with Gasteiger partial charge >= 0.3 is 0 Å². The lowest BCUT2D eigenvalue weighted by molar-refractivity contribution is 1.33. The molecule has 74 valence electrons. The monoisotopic (exact) mass is 205 g/mol. The van der Waals surface area contributed by atoms with Crippen LogP contribution < -0.4 is 10.6 Å². The Morgan fingerprint density at radius 1 is 0.938 bits per heavy atom. The second-order valence-corrected chi connectivity index (χ2v) is 3.89. The number of benzene rings is 2. The quantitative estimate of drug-likeness (QED) is 0.632. The highest BCUT2D eigenvalue weighted by Crippen LogP contribution is 2.18. The lowest BCUT2D eigenvalue weighted by Crippen LogP contribution is -2.09. The van der Waals surface area contributed by atoms with Crippen LogP contribution >= 0.6 is 0 Å². The van der Waals surface area contributed by atoms with E-state index < -0.39 is 0 Å². The van der Waals surface area contributed by atoms with Gasteiger partial charge in [-0.1, -0.05) is 12.1 Å². The molecular weight excluding hydrogens is 198 g/mol. The molecule has 2 aromatic carbocycles. The first-order valence-corrected chi connectivity index (χ1v) is 5.15. The molecule has 2 aliphatic rings. The van der Waals surface area contributed by atoms with Gasteiger partial charge in [-0.2, -0.15) is 10.2 Å². The number of azo groups is 1. The Balaban J connectivity index is 2.31. The molecule has 2 heterocycles. The third-order valence-corrected chi connectivity index (χ3v) is 3.03. The summed E-state index contributed by atoms with van der Waals surface area (Å²) in [6.45, 7) is 0. The van der Waals surface area contributed by atoms with E-state index in [1.807, 2.05) is 24.5 Å². The van der Waals surface area contributed by atoms with Crippen LogP contribution in [0.5, 0.6) is 0 Å². The summed E-state index contributed by atoms with van der Waals surface area (Å²) in [6.07, 6.45) is 5.68. The summed E-state index contributed by atoms with van der Waals surface area (Å²) in [7, 11) is 0. The van der Waals surface area contributed by atoms with E-state index in [0.29, 0.717) is 0 Å². The van der Waals surface area contributed by atoms with Crippen LogP contribution in [-0.2, 0) is 0 Å². The van der Waals surface area contributed by atoms with Gasteiger partial charge in [-0.25, -0.2) is 0 Å². The number of hydrogen-bond acceptors (Lipinski definition) is 3. The molecule has 3 nitrogen and oxygen atoms in total. The van der Waals surface area contributed by atoms with Crippen molar-refractivity contribution in [2.24, 2.45) is 15.2 Å². The molecule has 0 saturated heterocycles. The van der Waals surface area contributed by atoms with Crippen LogP contribution in [0.4, 0.5) is 5.69 Å². The average Bonchev–Trinajstić information content (AvgIpc) is 2.96. The van der Waals surface area contributed by atoms with Crippen molar-refractivity contribution in [1.82, 2.24) is 0 Å². The van der Waals surface area contributed by atoms with E-state index in [4.69, 9.17) is 0 Å². The Kier molecular flexibility index (Phi) is 1.31. The molecule has 0 radical (unpaired) electrons. The fraction of sp³-hybridized carbons (Fsp3) is 0. The normalized spacial score (nSPS) is 14.8. The topological polar surface area (TPSA) is 37.1 Å². The van der Waals surface area contributed by atoms with Gasteiger partial charge in [-0.3, -0.25) is 4.99 Å². The molecule has 0 bridgehead atoms. The van der Waals surface area contributed by atoms with Gasteiger partial charge in [-0.05, 0) is 23.6 Å². The largest absolute Gasteiger partial charge is 0.256 e. The van der Waals surface area contributed by atoms with Crippen molar-refractivity contribution in [2.45, 2.75) is 0 Å². The maximum absolute atomic E-state index is 4.40. The third-order valence-electron chi connectivity index (χ3n) is 3.03. The molecule has 2 aromatic rings. The lowest BCUT2D eigenvalue weighted by atomic mass is 10.0. The maximum atomic E-state index is 4.40. The van der Waals surface area contributed by atoms with Crippen molar-refractivity contribution in [3.8, 4) is 0 Å². The highest BCUT2D eigenvalue weighted by Gasteiger charge is 2.08. The van der Waals surface area contributed by atoms with E-state index in [1.165, 1.54) is 16.3 Å². The Labute approximate surface area is 91.2 Å². The zero-order valence-electron chi connectivity index (χ0n) is 8.38. The molecule has 2 aliphatic heterocycles. The van der Waals surface area contributed by atoms with Crippen LogP contribution in [0.15, 0.2) is 45.7 Å². The van der Waals surface area contributed by atoms with Crippen LogP contribution in [0.25, 0.3) is 23.0 Å². The first-order valence-electron chi connectivity index (χ1n) is 5.15. The summed E-state index contributed by atoms with van der Waals surface area (Å²) in [5.41, 5.74) is 2.12. The molecule has 3 heteroatoms. The van der Waals surface area contributed by atoms with Crippen LogP contribution in [0, 0.1) is 0 Å². The van der Waals surface area contributed by atoms with Gasteiger partial charge in [0.15, 0.2) is 0 Å². The summed E-state index contributed by atoms with van der Waals surface area (Å²) in [5, 5.41) is 12.5. The predicted molar refractivity (Wildman–Crippen MR) is 62.7 cm³/mol. The number of hydrogen-bond donors (Lipinski definition) is 0. The van der Waals surface area contributed by atoms with Gasteiger partial charge in [0.05, 0.1) is 17.2 Å². The van der Waals surface area contributed by atoms with Crippen molar-refractivity contribution in [1.29, 1.82) is 0 Å². The minimum absolute atomic E-state index is 0.943. The molecule has 0 fully saturated rings. The first-order chi connectivity index (χ1) is 7.93. The molecule has 0 atom stereocenters. The minimum atomic E-state index is 0.943. The maximum Gasteiger partial charge on any atom is 0.0951 e. The molecule has 0 unspecified atom stereocenters. The molecule has 16 heavy (non-hydrogen) atoms. The average molecular weight is 205 g/mol. The standard InChI is InChI=1S/C13H7N3/c1-2-9-10(13-8(1)5-6-14-13)3-4-12-11(9)7-15-16-12/h1-7H. The molecule has 0 N–H and O–H groups in total. The lowest BCUT2D eigenvalue weighted by Gasteiger charge is -2.00. The Morgan fingerprint density at radius 3 is 2.88 bits per heavy atom. The summed E-state index contributed by atoms with van der Waals surface area (Å²) in [4.78, 5) is 4.40. The Bertz CT molecular complexity index is 729. The molecule has 0 aliphatic carbocycles. The van der Waals surface area contributed by atoms with Crippen LogP contribution in [0.3, 0.4) is 0 Å². The van der Waals surface area contributed by atoms with Gasteiger partial charge in [0.25, 0.3) is 0 Å². The second-order valence-electron chi connectivity index (χ2n) is 3.89. The summed E-state index contributed by atoms with van der Waals surface area (Å²) >= 11 is 0. The van der Waals surface area contributed by atoms with E-state index in [9.17, 15) is 0 Å². The van der Waals surface area contributed by atoms with E-state index in [-0.39, 0.29) is 0 Å². The summed E-state index contributed by atoms with van der Waals surface area (Å²) in [6, 6.07) is 8.28. The molecule has 0 saturated carbocycles. The molecule has 0 spiro atoms. The summed E-state index contributed by atoms with van der Waals surface area (Å²) < 4.78 is 0. The van der Waals surface area contributed by atoms with E-state index in [1.54, 1.807) is 0 Å². The van der Waals surface area contributed by atoms with Gasteiger partial charge in [-0.15, -0.1) is 0 Å². The Morgan fingerprint density at radius 2 is 1.88 bits per heavy atom. The van der Waals surface area contributed by atoms with Gasteiger partial charge in [0.2, 0.25) is 0 Å². The fourth-order valence-electron chi connectivity index (χ4n) is 2.26. The van der Waals surface area contributed by atoms with Crippen LogP contribution in [0.2, 0.25) is 0 Å². The second kappa shape index (κ2) is 2.64. The minimum Gasteiger partial charge on any atom is -0.256 e. The number of fused-ring (bicyclic) bond motifs is 5. The predicted octanol–water partition coefficient (Wildman–Crippen LogP) is 2.28. The van der Waals surface area contributed by atoms with Crippen molar-refractivity contribution < 1.29 is 0 Å². The third kappa shape index (κ3) is 0.852. The van der Waals surface area contributed by atoms with Gasteiger partial charge in [0, 0.05) is 22.4 Å². The zero-order chi connectivity index (χ0) is 10.5. The van der Waals surface area contributed by atoms with E-state index in [2.05, 4.69) is 33.4 Å². The van der Waals surface area contributed by atoms with E-state index in [0.717, 1.165) is 16.3 Å². The fourth-order valence-corrected chi connectivity index (χ4v) is 2.26. The first kappa shape index (κ1) is 7.93. The van der Waals surface area contributed by atoms with Crippen LogP contribution in [-0.4, -0.2) is 0 Å². The smallest absolute Gasteiger partial charge is 0.0951 e. The highest BCUT2D eigenvalue weighted by atomic mass is 15.1. The van der Waals surface area contributed by atoms with Gasteiger partial charge in [0.1, 0.15) is 0 Å². The zero-order valence-corrected chi connectivity index (χ0v) is 8.38. The number of nitrogens with zero attached hydrogens (tertiary/aromatic N) is 3.